The Bertz CT molecular complexity index is 342. The maximum Gasteiger partial charge on any atom is 0.0949 e. The van der Waals surface area contributed by atoms with Gasteiger partial charge in [0.1, 0.15) is 0 Å². The van der Waals surface area contributed by atoms with E-state index >= 15 is 0 Å². The molecule has 0 aromatic carbocycles. The fourth-order valence-corrected chi connectivity index (χ4v) is 1.65. The Kier molecular flexibility index (Phi) is 3.30. The minimum absolute atomic E-state index is 0.144. The van der Waals surface area contributed by atoms with Crippen LogP contribution in [0.1, 0.15) is 32.4 Å². The first-order valence-electron chi connectivity index (χ1n) is 5.88. The molecule has 1 fully saturated rings. The second-order valence-electron chi connectivity index (χ2n) is 5.13. The Morgan fingerprint density at radius 2 is 2.31 bits per heavy atom. The van der Waals surface area contributed by atoms with E-state index in [0.29, 0.717) is 0 Å². The number of ether oxygens (including phenoxy) is 1. The molecule has 0 amide bonds. The van der Waals surface area contributed by atoms with E-state index in [9.17, 15) is 0 Å². The SMILES string of the molecule is COC(C)(C)Cn1cncc1CNC1CC1. The largest absolute Gasteiger partial charge is 0.377 e. The molecule has 0 saturated heterocycles. The quantitative estimate of drug-likeness (QED) is 0.795. The van der Waals surface area contributed by atoms with Crippen LogP contribution in [0.2, 0.25) is 0 Å². The van der Waals surface area contributed by atoms with Gasteiger partial charge < -0.3 is 14.6 Å². The molecule has 1 aliphatic rings. The van der Waals surface area contributed by atoms with Crippen LogP contribution in [0.25, 0.3) is 0 Å². The lowest BCUT2D eigenvalue weighted by molar-refractivity contribution is 0.00752. The van der Waals surface area contributed by atoms with E-state index in [2.05, 4.69) is 28.7 Å². The summed E-state index contributed by atoms with van der Waals surface area (Å²) in [5.74, 6) is 0. The van der Waals surface area contributed by atoms with E-state index in [4.69, 9.17) is 4.74 Å². The van der Waals surface area contributed by atoms with Crippen molar-refractivity contribution in [2.75, 3.05) is 7.11 Å². The predicted octanol–water partition coefficient (Wildman–Crippen LogP) is 1.56. The fraction of sp³-hybridized carbons (Fsp3) is 0.750. The molecule has 1 saturated carbocycles. The normalized spacial score (nSPS) is 16.7. The van der Waals surface area contributed by atoms with Crippen molar-refractivity contribution in [1.82, 2.24) is 14.9 Å². The highest BCUT2D eigenvalue weighted by atomic mass is 16.5. The Labute approximate surface area is 97.0 Å². The second kappa shape index (κ2) is 4.55. The first-order chi connectivity index (χ1) is 7.61. The summed E-state index contributed by atoms with van der Waals surface area (Å²) < 4.78 is 7.60. The Hall–Kier alpha value is -0.870. The van der Waals surface area contributed by atoms with Gasteiger partial charge in [0.25, 0.3) is 0 Å². The third kappa shape index (κ3) is 3.06. The number of imidazole rings is 1. The zero-order valence-electron chi connectivity index (χ0n) is 10.4. The average molecular weight is 223 g/mol. The Morgan fingerprint density at radius 1 is 1.56 bits per heavy atom. The fourth-order valence-electron chi connectivity index (χ4n) is 1.65. The van der Waals surface area contributed by atoms with Crippen molar-refractivity contribution in [2.24, 2.45) is 0 Å². The smallest absolute Gasteiger partial charge is 0.0949 e. The molecule has 1 aromatic heterocycles. The van der Waals surface area contributed by atoms with Crippen LogP contribution in [0.5, 0.6) is 0 Å². The van der Waals surface area contributed by atoms with Crippen molar-refractivity contribution in [2.45, 2.75) is 51.4 Å². The van der Waals surface area contributed by atoms with E-state index in [0.717, 1.165) is 19.1 Å². The van der Waals surface area contributed by atoms with Gasteiger partial charge in [-0.2, -0.15) is 0 Å². The summed E-state index contributed by atoms with van der Waals surface area (Å²) in [5, 5.41) is 3.50. The van der Waals surface area contributed by atoms with Crippen LogP contribution in [-0.4, -0.2) is 28.3 Å². The molecular formula is C12H21N3O. The number of nitrogens with zero attached hydrogens (tertiary/aromatic N) is 2. The zero-order chi connectivity index (χ0) is 11.6. The summed E-state index contributed by atoms with van der Waals surface area (Å²) in [5.41, 5.74) is 1.09. The van der Waals surface area contributed by atoms with Crippen LogP contribution in [0.3, 0.4) is 0 Å². The molecule has 1 aromatic rings. The summed E-state index contributed by atoms with van der Waals surface area (Å²) >= 11 is 0. The number of nitrogens with one attached hydrogen (secondary N) is 1. The highest BCUT2D eigenvalue weighted by molar-refractivity contribution is 5.00. The maximum atomic E-state index is 5.43. The van der Waals surface area contributed by atoms with Gasteiger partial charge in [0.05, 0.1) is 24.2 Å². The van der Waals surface area contributed by atoms with E-state index in [-0.39, 0.29) is 5.60 Å². The van der Waals surface area contributed by atoms with Crippen LogP contribution in [0.4, 0.5) is 0 Å². The summed E-state index contributed by atoms with van der Waals surface area (Å²) in [6.45, 7) is 5.92. The van der Waals surface area contributed by atoms with Crippen LogP contribution >= 0.6 is 0 Å². The molecule has 4 nitrogen and oxygen atoms in total. The van der Waals surface area contributed by atoms with Crippen molar-refractivity contribution in [1.29, 1.82) is 0 Å². The summed E-state index contributed by atoms with van der Waals surface area (Å²) in [4.78, 5) is 4.21. The monoisotopic (exact) mass is 223 g/mol. The molecular weight excluding hydrogens is 202 g/mol. The predicted molar refractivity (Wildman–Crippen MR) is 63.2 cm³/mol. The second-order valence-corrected chi connectivity index (χ2v) is 5.13. The molecule has 0 unspecified atom stereocenters. The lowest BCUT2D eigenvalue weighted by Crippen LogP contribution is -2.30. The van der Waals surface area contributed by atoms with Crippen molar-refractivity contribution in [3.63, 3.8) is 0 Å². The van der Waals surface area contributed by atoms with Crippen molar-refractivity contribution >= 4 is 0 Å². The van der Waals surface area contributed by atoms with Gasteiger partial charge in [-0.05, 0) is 26.7 Å². The third-order valence-electron chi connectivity index (χ3n) is 3.05. The molecule has 0 radical (unpaired) electrons. The number of hydrogen-bond acceptors (Lipinski definition) is 3. The molecule has 0 spiro atoms. The van der Waals surface area contributed by atoms with Crippen LogP contribution in [-0.2, 0) is 17.8 Å². The lowest BCUT2D eigenvalue weighted by Gasteiger charge is -2.24. The minimum atomic E-state index is -0.144. The molecule has 16 heavy (non-hydrogen) atoms. The van der Waals surface area contributed by atoms with Gasteiger partial charge in [-0.3, -0.25) is 0 Å². The van der Waals surface area contributed by atoms with Gasteiger partial charge in [-0.15, -0.1) is 0 Å². The van der Waals surface area contributed by atoms with Crippen molar-refractivity contribution in [3.8, 4) is 0 Å². The van der Waals surface area contributed by atoms with Gasteiger partial charge in [0, 0.05) is 25.9 Å². The topological polar surface area (TPSA) is 39.1 Å². The number of aromatic nitrogens is 2. The molecule has 0 aliphatic heterocycles. The highest BCUT2D eigenvalue weighted by Crippen LogP contribution is 2.19. The molecule has 4 heteroatoms. The molecule has 0 bridgehead atoms. The number of rotatable bonds is 6. The van der Waals surface area contributed by atoms with Crippen LogP contribution in [0, 0.1) is 0 Å². The van der Waals surface area contributed by atoms with Gasteiger partial charge in [-0.25, -0.2) is 4.98 Å². The molecule has 0 atom stereocenters. The standard InChI is InChI=1S/C12H21N3O/c1-12(2,16-3)8-15-9-13-6-11(15)7-14-10-4-5-10/h6,9-10,14H,4-5,7-8H2,1-3H3. The van der Waals surface area contributed by atoms with Gasteiger partial charge >= 0.3 is 0 Å². The summed E-state index contributed by atoms with van der Waals surface area (Å²) in [6, 6.07) is 0.735. The van der Waals surface area contributed by atoms with E-state index in [1.807, 2.05) is 12.5 Å². The Morgan fingerprint density at radius 3 is 2.94 bits per heavy atom. The Balaban J connectivity index is 1.94. The minimum Gasteiger partial charge on any atom is -0.377 e. The molecule has 2 rings (SSSR count). The maximum absolute atomic E-state index is 5.43. The highest BCUT2D eigenvalue weighted by Gasteiger charge is 2.22. The molecule has 1 aliphatic carbocycles. The van der Waals surface area contributed by atoms with E-state index in [1.165, 1.54) is 18.5 Å². The first kappa shape index (κ1) is 11.6. The van der Waals surface area contributed by atoms with Gasteiger partial charge in [0.15, 0.2) is 0 Å². The summed E-state index contributed by atoms with van der Waals surface area (Å²) in [7, 11) is 1.75. The molecule has 1 heterocycles. The van der Waals surface area contributed by atoms with Crippen molar-refractivity contribution < 1.29 is 4.74 Å². The number of methoxy groups -OCH3 is 1. The molecule has 90 valence electrons. The van der Waals surface area contributed by atoms with E-state index in [1.54, 1.807) is 7.11 Å². The summed E-state index contributed by atoms with van der Waals surface area (Å²) in [6.07, 6.45) is 6.45. The zero-order valence-corrected chi connectivity index (χ0v) is 10.4. The van der Waals surface area contributed by atoms with Gasteiger partial charge in [0.2, 0.25) is 0 Å². The average Bonchev–Trinajstić information content (AvgIpc) is 2.98. The van der Waals surface area contributed by atoms with Crippen LogP contribution < -0.4 is 5.32 Å². The van der Waals surface area contributed by atoms with Crippen molar-refractivity contribution in [3.05, 3.63) is 18.2 Å². The third-order valence-corrected chi connectivity index (χ3v) is 3.05. The van der Waals surface area contributed by atoms with Crippen LogP contribution in [0.15, 0.2) is 12.5 Å². The first-order valence-corrected chi connectivity index (χ1v) is 5.88. The molecule has 1 N–H and O–H groups in total. The van der Waals surface area contributed by atoms with E-state index < -0.39 is 0 Å². The van der Waals surface area contributed by atoms with Gasteiger partial charge in [-0.1, -0.05) is 0 Å². The lowest BCUT2D eigenvalue weighted by atomic mass is 10.1. The number of hydrogen-bond donors (Lipinski definition) is 1.